The van der Waals surface area contributed by atoms with Crippen LogP contribution in [-0.2, 0) is 0 Å². The van der Waals surface area contributed by atoms with Crippen molar-refractivity contribution in [1.82, 2.24) is 5.32 Å². The highest BCUT2D eigenvalue weighted by Gasteiger charge is 2.16. The quantitative estimate of drug-likeness (QED) is 0.825. The van der Waals surface area contributed by atoms with Gasteiger partial charge < -0.3 is 15.2 Å². The number of ether oxygens (including phenoxy) is 1. The Bertz CT molecular complexity index is 367. The van der Waals surface area contributed by atoms with Gasteiger partial charge in [-0.2, -0.15) is 11.8 Å². The Kier molecular flexibility index (Phi) is 5.35. The molecule has 3 nitrogen and oxygen atoms in total. The second-order valence-electron chi connectivity index (χ2n) is 4.70. The maximum atomic E-state index is 9.87. The summed E-state index contributed by atoms with van der Waals surface area (Å²) >= 11 is 1.97. The summed E-state index contributed by atoms with van der Waals surface area (Å²) < 4.78 is 5.62. The third kappa shape index (κ3) is 4.19. The third-order valence-corrected chi connectivity index (χ3v) is 4.26. The van der Waals surface area contributed by atoms with Crippen molar-refractivity contribution < 1.29 is 9.84 Å². The normalized spacial score (nSPS) is 20.9. The monoisotopic (exact) mass is 267 g/mol. The van der Waals surface area contributed by atoms with Gasteiger partial charge in [-0.25, -0.2) is 0 Å². The average Bonchev–Trinajstić information content (AvgIpc) is 2.88. The van der Waals surface area contributed by atoms with Gasteiger partial charge in [0.1, 0.15) is 18.5 Å². The van der Waals surface area contributed by atoms with Gasteiger partial charge in [-0.1, -0.05) is 18.2 Å². The Morgan fingerprint density at radius 2 is 2.33 bits per heavy atom. The van der Waals surface area contributed by atoms with Crippen LogP contribution in [-0.4, -0.2) is 41.9 Å². The zero-order valence-electron chi connectivity index (χ0n) is 10.8. The van der Waals surface area contributed by atoms with E-state index in [1.165, 1.54) is 12.2 Å². The van der Waals surface area contributed by atoms with Crippen molar-refractivity contribution in [3.63, 3.8) is 0 Å². The molecule has 1 heterocycles. The molecule has 0 bridgehead atoms. The van der Waals surface area contributed by atoms with Gasteiger partial charge in [0.05, 0.1) is 0 Å². The maximum Gasteiger partial charge on any atom is 0.122 e. The van der Waals surface area contributed by atoms with Crippen LogP contribution >= 0.6 is 11.8 Å². The molecule has 2 atom stereocenters. The van der Waals surface area contributed by atoms with Crippen LogP contribution in [0.4, 0.5) is 0 Å². The molecular weight excluding hydrogens is 246 g/mol. The molecule has 1 aliphatic rings. The second-order valence-corrected chi connectivity index (χ2v) is 5.85. The number of benzene rings is 1. The van der Waals surface area contributed by atoms with Crippen molar-refractivity contribution in [3.8, 4) is 5.75 Å². The first-order valence-corrected chi connectivity index (χ1v) is 7.59. The van der Waals surface area contributed by atoms with Gasteiger partial charge in [0.2, 0.25) is 0 Å². The average molecular weight is 267 g/mol. The van der Waals surface area contributed by atoms with Gasteiger partial charge in [0.15, 0.2) is 0 Å². The summed E-state index contributed by atoms with van der Waals surface area (Å²) in [6.45, 7) is 2.96. The largest absolute Gasteiger partial charge is 0.491 e. The lowest BCUT2D eigenvalue weighted by Gasteiger charge is -2.17. The smallest absolute Gasteiger partial charge is 0.122 e. The first-order chi connectivity index (χ1) is 8.75. The number of aryl methyl sites for hydroxylation is 1. The number of aliphatic hydroxyl groups excluding tert-OH is 1. The Morgan fingerprint density at radius 3 is 3.06 bits per heavy atom. The topological polar surface area (TPSA) is 41.5 Å². The predicted octanol–water partition coefficient (Wildman–Crippen LogP) is 1.83. The van der Waals surface area contributed by atoms with Gasteiger partial charge in [-0.3, -0.25) is 0 Å². The molecule has 18 heavy (non-hydrogen) atoms. The van der Waals surface area contributed by atoms with Crippen molar-refractivity contribution in [2.75, 3.05) is 24.7 Å². The van der Waals surface area contributed by atoms with Gasteiger partial charge in [-0.05, 0) is 30.7 Å². The van der Waals surface area contributed by atoms with Crippen LogP contribution < -0.4 is 10.1 Å². The van der Waals surface area contributed by atoms with E-state index in [-0.39, 0.29) is 0 Å². The molecule has 1 aromatic rings. The van der Waals surface area contributed by atoms with Crippen LogP contribution in [0.2, 0.25) is 0 Å². The van der Waals surface area contributed by atoms with E-state index in [1.54, 1.807) is 0 Å². The van der Waals surface area contributed by atoms with Gasteiger partial charge in [0.25, 0.3) is 0 Å². The summed E-state index contributed by atoms with van der Waals surface area (Å²) in [5.74, 6) is 3.24. The first kappa shape index (κ1) is 13.7. The minimum absolute atomic E-state index is 0.345. The molecule has 1 aliphatic heterocycles. The summed E-state index contributed by atoms with van der Waals surface area (Å²) in [7, 11) is 0. The molecule has 4 heteroatoms. The summed E-state index contributed by atoms with van der Waals surface area (Å²) in [5, 5.41) is 13.2. The zero-order valence-corrected chi connectivity index (χ0v) is 11.6. The van der Waals surface area contributed by atoms with E-state index < -0.39 is 6.10 Å². The molecule has 0 aromatic heterocycles. The van der Waals surface area contributed by atoms with E-state index in [2.05, 4.69) is 5.32 Å². The van der Waals surface area contributed by atoms with Crippen molar-refractivity contribution in [1.29, 1.82) is 0 Å². The lowest BCUT2D eigenvalue weighted by atomic mass is 10.2. The van der Waals surface area contributed by atoms with Crippen LogP contribution in [0.25, 0.3) is 0 Å². The number of thioether (sulfide) groups is 1. The van der Waals surface area contributed by atoms with E-state index in [9.17, 15) is 5.11 Å². The van der Waals surface area contributed by atoms with Crippen LogP contribution in [0, 0.1) is 6.92 Å². The molecule has 0 radical (unpaired) electrons. The van der Waals surface area contributed by atoms with Crippen molar-refractivity contribution in [2.24, 2.45) is 0 Å². The van der Waals surface area contributed by atoms with Gasteiger partial charge in [-0.15, -0.1) is 0 Å². The highest BCUT2D eigenvalue weighted by molar-refractivity contribution is 7.99. The van der Waals surface area contributed by atoms with Gasteiger partial charge in [0, 0.05) is 18.3 Å². The Morgan fingerprint density at radius 1 is 1.50 bits per heavy atom. The molecule has 1 fully saturated rings. The Hall–Kier alpha value is -0.710. The standard InChI is InChI=1S/C14H21NO2S/c1-11-4-2-3-5-14(11)17-9-13(16)8-15-12-6-7-18-10-12/h2-5,12-13,15-16H,6-10H2,1H3. The summed E-state index contributed by atoms with van der Waals surface area (Å²) in [6.07, 6.45) is 0.756. The molecule has 2 rings (SSSR count). The lowest BCUT2D eigenvalue weighted by molar-refractivity contribution is 0.104. The Balaban J connectivity index is 1.68. The fourth-order valence-corrected chi connectivity index (χ4v) is 3.15. The zero-order chi connectivity index (χ0) is 12.8. The van der Waals surface area contributed by atoms with E-state index in [1.807, 2.05) is 43.0 Å². The van der Waals surface area contributed by atoms with Crippen molar-refractivity contribution in [2.45, 2.75) is 25.5 Å². The van der Waals surface area contributed by atoms with Gasteiger partial charge >= 0.3 is 0 Å². The number of hydrogen-bond acceptors (Lipinski definition) is 4. The fourth-order valence-electron chi connectivity index (χ4n) is 1.96. The SMILES string of the molecule is Cc1ccccc1OCC(O)CNC1CCSC1. The van der Waals surface area contributed by atoms with Crippen molar-refractivity contribution >= 4 is 11.8 Å². The van der Waals surface area contributed by atoms with Crippen LogP contribution in [0.5, 0.6) is 5.75 Å². The van der Waals surface area contributed by atoms with E-state index in [0.29, 0.717) is 19.2 Å². The molecule has 100 valence electrons. The van der Waals surface area contributed by atoms with Crippen molar-refractivity contribution in [3.05, 3.63) is 29.8 Å². The predicted molar refractivity (Wildman–Crippen MR) is 76.4 cm³/mol. The lowest BCUT2D eigenvalue weighted by Crippen LogP contribution is -2.38. The van der Waals surface area contributed by atoms with Crippen LogP contribution in [0.15, 0.2) is 24.3 Å². The molecule has 0 aliphatic carbocycles. The minimum atomic E-state index is -0.449. The summed E-state index contributed by atoms with van der Waals surface area (Å²) in [4.78, 5) is 0. The number of aliphatic hydroxyl groups is 1. The molecule has 1 aromatic carbocycles. The fraction of sp³-hybridized carbons (Fsp3) is 0.571. The van der Waals surface area contributed by atoms with E-state index >= 15 is 0 Å². The molecule has 1 saturated heterocycles. The first-order valence-electron chi connectivity index (χ1n) is 6.43. The van der Waals surface area contributed by atoms with E-state index in [0.717, 1.165) is 17.1 Å². The minimum Gasteiger partial charge on any atom is -0.491 e. The third-order valence-electron chi connectivity index (χ3n) is 3.10. The Labute approximate surface area is 113 Å². The molecule has 2 unspecified atom stereocenters. The highest BCUT2D eigenvalue weighted by atomic mass is 32.2. The number of hydrogen-bond donors (Lipinski definition) is 2. The molecular formula is C14H21NO2S. The summed E-state index contributed by atoms with van der Waals surface area (Å²) in [5.41, 5.74) is 1.10. The van der Waals surface area contributed by atoms with E-state index in [4.69, 9.17) is 4.74 Å². The maximum absolute atomic E-state index is 9.87. The number of nitrogens with one attached hydrogen (secondary N) is 1. The number of para-hydroxylation sites is 1. The second kappa shape index (κ2) is 7.02. The highest BCUT2D eigenvalue weighted by Crippen LogP contribution is 2.17. The summed E-state index contributed by atoms with van der Waals surface area (Å²) in [6, 6.07) is 8.43. The van der Waals surface area contributed by atoms with Crippen LogP contribution in [0.3, 0.4) is 0 Å². The number of rotatable bonds is 6. The molecule has 0 saturated carbocycles. The molecule has 2 N–H and O–H groups in total. The van der Waals surface area contributed by atoms with Crippen LogP contribution in [0.1, 0.15) is 12.0 Å². The molecule has 0 amide bonds. The molecule has 0 spiro atoms.